The summed E-state index contributed by atoms with van der Waals surface area (Å²) in [7, 11) is 0. The van der Waals surface area contributed by atoms with Gasteiger partial charge in [0.25, 0.3) is 5.91 Å². The third kappa shape index (κ3) is 4.40. The number of pyridine rings is 1. The number of rotatable bonds is 6. The lowest BCUT2D eigenvalue weighted by Crippen LogP contribution is -2.38. The first-order chi connectivity index (χ1) is 15.0. The second-order valence-corrected chi connectivity index (χ2v) is 8.21. The van der Waals surface area contributed by atoms with Gasteiger partial charge in [0, 0.05) is 37.4 Å². The van der Waals surface area contributed by atoms with Gasteiger partial charge >= 0.3 is 0 Å². The Morgan fingerprint density at radius 1 is 1.13 bits per heavy atom. The van der Waals surface area contributed by atoms with E-state index in [0.717, 1.165) is 54.1 Å². The number of aromatic nitrogens is 2. The van der Waals surface area contributed by atoms with Crippen molar-refractivity contribution >= 4 is 23.1 Å². The topological polar surface area (TPSA) is 92.7 Å². The largest absolute Gasteiger partial charge is 0.371 e. The molecule has 0 saturated carbocycles. The van der Waals surface area contributed by atoms with Crippen LogP contribution in [0.4, 0.5) is 5.69 Å². The predicted molar refractivity (Wildman–Crippen MR) is 121 cm³/mol. The summed E-state index contributed by atoms with van der Waals surface area (Å²) in [5.41, 5.74) is 10.9. The lowest BCUT2D eigenvalue weighted by Gasteiger charge is -2.32. The van der Waals surface area contributed by atoms with Gasteiger partial charge in [-0.15, -0.1) is 0 Å². The molecule has 2 aromatic heterocycles. The molecule has 4 rings (SSSR count). The molecule has 0 radical (unpaired) electrons. The average Bonchev–Trinajstić information content (AvgIpc) is 3.15. The number of hydrogen-bond donors (Lipinski definition) is 2. The van der Waals surface area contributed by atoms with E-state index in [1.165, 1.54) is 0 Å². The van der Waals surface area contributed by atoms with Crippen LogP contribution in [0.2, 0.25) is 0 Å². The number of nitrogens with one attached hydrogen (secondary N) is 1. The van der Waals surface area contributed by atoms with Crippen molar-refractivity contribution in [3.8, 4) is 0 Å². The smallest absolute Gasteiger partial charge is 0.270 e. The molecular formula is C24H29N5O2. The molecule has 1 fully saturated rings. The van der Waals surface area contributed by atoms with Gasteiger partial charge in [0.2, 0.25) is 5.91 Å². The third-order valence-electron chi connectivity index (χ3n) is 6.04. The maximum absolute atomic E-state index is 13.0. The maximum Gasteiger partial charge on any atom is 0.270 e. The SMILES string of the molecule is CCc1nc2ccc(C)cn2c1C(=O)NCc1ccc(N2CCC(C(N)=O)CC2)cc1. The Morgan fingerprint density at radius 2 is 1.84 bits per heavy atom. The molecule has 7 heteroatoms. The van der Waals surface area contributed by atoms with E-state index in [1.807, 2.05) is 48.7 Å². The van der Waals surface area contributed by atoms with Gasteiger partial charge in [0.15, 0.2) is 0 Å². The van der Waals surface area contributed by atoms with Crippen LogP contribution >= 0.6 is 0 Å². The minimum atomic E-state index is -0.196. The van der Waals surface area contributed by atoms with Gasteiger partial charge in [-0.05, 0) is 55.5 Å². The van der Waals surface area contributed by atoms with Gasteiger partial charge in [-0.1, -0.05) is 25.1 Å². The number of imidazole rings is 1. The Morgan fingerprint density at radius 3 is 2.48 bits per heavy atom. The molecule has 1 saturated heterocycles. The van der Waals surface area contributed by atoms with Crippen molar-refractivity contribution in [2.24, 2.45) is 11.7 Å². The fourth-order valence-electron chi connectivity index (χ4n) is 4.20. The van der Waals surface area contributed by atoms with Crippen LogP contribution in [0, 0.1) is 12.8 Å². The van der Waals surface area contributed by atoms with E-state index < -0.39 is 0 Å². The van der Waals surface area contributed by atoms with E-state index in [4.69, 9.17) is 5.73 Å². The molecule has 0 aliphatic carbocycles. The molecule has 31 heavy (non-hydrogen) atoms. The Kier molecular flexibility index (Phi) is 5.93. The highest BCUT2D eigenvalue weighted by molar-refractivity contribution is 5.94. The first-order valence-electron chi connectivity index (χ1n) is 10.8. The third-order valence-corrected chi connectivity index (χ3v) is 6.04. The van der Waals surface area contributed by atoms with Crippen molar-refractivity contribution in [1.29, 1.82) is 0 Å². The van der Waals surface area contributed by atoms with Gasteiger partial charge < -0.3 is 16.0 Å². The van der Waals surface area contributed by atoms with Crippen LogP contribution < -0.4 is 16.0 Å². The molecule has 3 N–H and O–H groups in total. The first kappa shape index (κ1) is 20.9. The quantitative estimate of drug-likeness (QED) is 0.643. The maximum atomic E-state index is 13.0. The molecule has 1 aromatic carbocycles. The molecule has 1 aliphatic heterocycles. The summed E-state index contributed by atoms with van der Waals surface area (Å²) in [6.07, 6.45) is 4.24. The van der Waals surface area contributed by atoms with Crippen LogP contribution in [0.3, 0.4) is 0 Å². The van der Waals surface area contributed by atoms with Gasteiger partial charge in [0.05, 0.1) is 5.69 Å². The Balaban J connectivity index is 1.41. The molecule has 0 spiro atoms. The summed E-state index contributed by atoms with van der Waals surface area (Å²) in [4.78, 5) is 31.2. The molecule has 3 aromatic rings. The molecule has 0 atom stereocenters. The molecule has 162 valence electrons. The fourth-order valence-corrected chi connectivity index (χ4v) is 4.20. The second kappa shape index (κ2) is 8.79. The number of anilines is 1. The van der Waals surface area contributed by atoms with Gasteiger partial charge in [-0.2, -0.15) is 0 Å². The van der Waals surface area contributed by atoms with Crippen molar-refractivity contribution in [1.82, 2.24) is 14.7 Å². The highest BCUT2D eigenvalue weighted by Gasteiger charge is 2.23. The number of nitrogens with zero attached hydrogens (tertiary/aromatic N) is 3. The number of piperidine rings is 1. The number of primary amides is 1. The standard InChI is InChI=1S/C24H29N5O2/c1-3-20-22(29-15-16(2)4-9-21(29)27-20)24(31)26-14-17-5-7-19(8-6-17)28-12-10-18(11-13-28)23(25)30/h4-9,15,18H,3,10-14H2,1-2H3,(H2,25,30)(H,26,31). The number of amides is 2. The van der Waals surface area contributed by atoms with Crippen LogP contribution in [0.1, 0.15) is 47.1 Å². The molecule has 7 nitrogen and oxygen atoms in total. The van der Waals surface area contributed by atoms with Crippen LogP contribution in [0.25, 0.3) is 5.65 Å². The Hall–Kier alpha value is -3.35. The van der Waals surface area contributed by atoms with E-state index >= 15 is 0 Å². The summed E-state index contributed by atoms with van der Waals surface area (Å²) in [5, 5.41) is 3.04. The number of carbonyl (C=O) groups is 2. The minimum absolute atomic E-state index is 0.0119. The fraction of sp³-hybridized carbons (Fsp3) is 0.375. The summed E-state index contributed by atoms with van der Waals surface area (Å²) in [6, 6.07) is 12.2. The Labute approximate surface area is 182 Å². The monoisotopic (exact) mass is 419 g/mol. The van der Waals surface area contributed by atoms with Gasteiger partial charge in [-0.25, -0.2) is 4.98 Å². The van der Waals surface area contributed by atoms with E-state index in [0.29, 0.717) is 18.7 Å². The molecule has 2 amide bonds. The summed E-state index contributed by atoms with van der Waals surface area (Å²) < 4.78 is 1.88. The van der Waals surface area contributed by atoms with Crippen LogP contribution in [-0.2, 0) is 17.8 Å². The van der Waals surface area contributed by atoms with E-state index in [1.54, 1.807) is 0 Å². The molecule has 0 bridgehead atoms. The van der Waals surface area contributed by atoms with E-state index in [9.17, 15) is 9.59 Å². The normalized spacial score (nSPS) is 14.7. The van der Waals surface area contributed by atoms with E-state index in [-0.39, 0.29) is 17.7 Å². The summed E-state index contributed by atoms with van der Waals surface area (Å²) in [6.45, 7) is 6.13. The van der Waals surface area contributed by atoms with Crippen molar-refractivity contribution < 1.29 is 9.59 Å². The van der Waals surface area contributed by atoms with Gasteiger partial charge in [-0.3, -0.25) is 14.0 Å². The zero-order valence-corrected chi connectivity index (χ0v) is 18.1. The number of benzene rings is 1. The average molecular weight is 420 g/mol. The van der Waals surface area contributed by atoms with Crippen molar-refractivity contribution in [3.63, 3.8) is 0 Å². The zero-order chi connectivity index (χ0) is 22.0. The van der Waals surface area contributed by atoms with Crippen LogP contribution in [0.15, 0.2) is 42.6 Å². The molecule has 0 unspecified atom stereocenters. The molecule has 1 aliphatic rings. The molecular weight excluding hydrogens is 390 g/mol. The predicted octanol–water partition coefficient (Wildman–Crippen LogP) is 2.84. The van der Waals surface area contributed by atoms with E-state index in [2.05, 4.69) is 27.3 Å². The lowest BCUT2D eigenvalue weighted by atomic mass is 9.96. The number of fused-ring (bicyclic) bond motifs is 1. The highest BCUT2D eigenvalue weighted by atomic mass is 16.2. The number of aryl methyl sites for hydroxylation is 2. The lowest BCUT2D eigenvalue weighted by molar-refractivity contribution is -0.122. The highest BCUT2D eigenvalue weighted by Crippen LogP contribution is 2.23. The summed E-state index contributed by atoms with van der Waals surface area (Å²) in [5.74, 6) is -0.326. The van der Waals surface area contributed by atoms with Crippen LogP contribution in [-0.4, -0.2) is 34.3 Å². The van der Waals surface area contributed by atoms with Gasteiger partial charge in [0.1, 0.15) is 11.3 Å². The number of nitrogens with two attached hydrogens (primary N) is 1. The number of carbonyl (C=O) groups excluding carboxylic acids is 2. The second-order valence-electron chi connectivity index (χ2n) is 8.21. The van der Waals surface area contributed by atoms with Crippen molar-refractivity contribution in [3.05, 3.63) is 65.1 Å². The molecule has 3 heterocycles. The van der Waals surface area contributed by atoms with Crippen molar-refractivity contribution in [2.75, 3.05) is 18.0 Å². The van der Waals surface area contributed by atoms with Crippen molar-refractivity contribution in [2.45, 2.75) is 39.7 Å². The Bertz CT molecular complexity index is 1100. The first-order valence-corrected chi connectivity index (χ1v) is 10.8. The van der Waals surface area contributed by atoms with Crippen LogP contribution in [0.5, 0.6) is 0 Å². The minimum Gasteiger partial charge on any atom is -0.371 e. The number of hydrogen-bond acceptors (Lipinski definition) is 4. The summed E-state index contributed by atoms with van der Waals surface area (Å²) >= 11 is 0. The zero-order valence-electron chi connectivity index (χ0n) is 18.1.